The maximum absolute atomic E-state index is 12.0. The minimum Gasteiger partial charge on any atom is -0.449 e. The van der Waals surface area contributed by atoms with Gasteiger partial charge in [0.2, 0.25) is 0 Å². The van der Waals surface area contributed by atoms with Crippen molar-refractivity contribution in [1.29, 1.82) is 0 Å². The Morgan fingerprint density at radius 3 is 2.33 bits per heavy atom. The van der Waals surface area contributed by atoms with E-state index in [0.29, 0.717) is 0 Å². The number of hydroxylamine groups is 1. The quantitative estimate of drug-likeness (QED) is 0.905. The van der Waals surface area contributed by atoms with Crippen molar-refractivity contribution in [3.63, 3.8) is 0 Å². The van der Waals surface area contributed by atoms with E-state index < -0.39 is 12.1 Å². The number of amides is 2. The zero-order chi connectivity index (χ0) is 16.5. The van der Waals surface area contributed by atoms with E-state index in [1.54, 1.807) is 0 Å². The van der Waals surface area contributed by atoms with Crippen molar-refractivity contribution < 1.29 is 19.2 Å². The fourth-order valence-corrected chi connectivity index (χ4v) is 3.23. The summed E-state index contributed by atoms with van der Waals surface area (Å²) in [6.07, 6.45) is -0.623. The largest absolute Gasteiger partial charge is 0.449 e. The number of hydrogen-bond donors (Lipinski definition) is 2. The molecule has 2 N–H and O–H groups in total. The smallest absolute Gasteiger partial charge is 0.407 e. The van der Waals surface area contributed by atoms with E-state index in [1.807, 2.05) is 24.3 Å². The maximum atomic E-state index is 12.0. The normalized spacial score (nSPS) is 18.7. The fraction of sp³-hybridized carbons (Fsp3) is 0.222. The highest BCUT2D eigenvalue weighted by atomic mass is 16.7. The number of hydrogen-bond acceptors (Lipinski definition) is 4. The average molecular weight is 324 g/mol. The van der Waals surface area contributed by atoms with E-state index in [4.69, 9.17) is 9.57 Å². The van der Waals surface area contributed by atoms with Crippen LogP contribution in [0.4, 0.5) is 4.79 Å². The number of rotatable bonds is 3. The first-order chi connectivity index (χ1) is 11.7. The summed E-state index contributed by atoms with van der Waals surface area (Å²) in [5.74, 6) is -0.375. The van der Waals surface area contributed by atoms with Gasteiger partial charge in [-0.1, -0.05) is 48.5 Å². The number of carbonyl (C=O) groups excluding carboxylic acids is 2. The number of alkyl carbamates (subject to hydrolysis) is 1. The van der Waals surface area contributed by atoms with Crippen LogP contribution >= 0.6 is 0 Å². The van der Waals surface area contributed by atoms with Gasteiger partial charge in [-0.25, -0.2) is 10.3 Å². The van der Waals surface area contributed by atoms with Crippen LogP contribution in [0.25, 0.3) is 11.1 Å². The summed E-state index contributed by atoms with van der Waals surface area (Å²) in [6, 6.07) is 15.5. The van der Waals surface area contributed by atoms with Crippen molar-refractivity contribution in [3.8, 4) is 11.1 Å². The molecule has 1 saturated heterocycles. The van der Waals surface area contributed by atoms with Gasteiger partial charge in [0, 0.05) is 5.92 Å². The van der Waals surface area contributed by atoms with E-state index in [9.17, 15) is 9.59 Å². The molecule has 1 atom stereocenters. The van der Waals surface area contributed by atoms with Gasteiger partial charge in [-0.05, 0) is 22.3 Å². The summed E-state index contributed by atoms with van der Waals surface area (Å²) >= 11 is 0. The van der Waals surface area contributed by atoms with E-state index in [2.05, 4.69) is 35.1 Å². The average Bonchev–Trinajstić information content (AvgIpc) is 3.15. The highest BCUT2D eigenvalue weighted by Gasteiger charge is 2.31. The minimum absolute atomic E-state index is 0.00296. The first-order valence-corrected chi connectivity index (χ1v) is 7.77. The molecule has 0 spiro atoms. The summed E-state index contributed by atoms with van der Waals surface area (Å²) < 4.78 is 5.36. The topological polar surface area (TPSA) is 76.7 Å². The highest BCUT2D eigenvalue weighted by molar-refractivity contribution is 5.86. The second-order valence-corrected chi connectivity index (χ2v) is 5.80. The van der Waals surface area contributed by atoms with Gasteiger partial charge in [-0.15, -0.1) is 0 Å². The third-order valence-electron chi connectivity index (χ3n) is 4.38. The Kier molecular flexibility index (Phi) is 3.66. The maximum Gasteiger partial charge on any atom is 0.407 e. The van der Waals surface area contributed by atoms with Gasteiger partial charge in [-0.2, -0.15) is 0 Å². The van der Waals surface area contributed by atoms with Crippen LogP contribution < -0.4 is 10.8 Å². The number of benzene rings is 2. The molecule has 24 heavy (non-hydrogen) atoms. The van der Waals surface area contributed by atoms with Crippen molar-refractivity contribution in [3.05, 3.63) is 59.7 Å². The molecule has 6 nitrogen and oxygen atoms in total. The molecule has 6 heteroatoms. The third-order valence-corrected chi connectivity index (χ3v) is 4.38. The van der Waals surface area contributed by atoms with Gasteiger partial charge in [-0.3, -0.25) is 9.63 Å². The Balaban J connectivity index is 1.48. The fourth-order valence-electron chi connectivity index (χ4n) is 3.23. The van der Waals surface area contributed by atoms with Crippen LogP contribution in [-0.4, -0.2) is 31.3 Å². The molecule has 1 aliphatic heterocycles. The second kappa shape index (κ2) is 5.98. The summed E-state index contributed by atoms with van der Waals surface area (Å²) in [5, 5.41) is 2.50. The predicted octanol–water partition coefficient (Wildman–Crippen LogP) is 1.96. The number of carbonyl (C=O) groups is 2. The molecule has 0 saturated carbocycles. The lowest BCUT2D eigenvalue weighted by Crippen LogP contribution is -2.42. The first kappa shape index (κ1) is 14.7. The van der Waals surface area contributed by atoms with E-state index in [1.165, 1.54) is 11.1 Å². The summed E-state index contributed by atoms with van der Waals surface area (Å²) in [5.41, 5.74) is 6.83. The van der Waals surface area contributed by atoms with Crippen LogP contribution in [0.15, 0.2) is 48.5 Å². The Hall–Kier alpha value is -2.86. The molecule has 0 bridgehead atoms. The molecule has 1 fully saturated rings. The monoisotopic (exact) mass is 324 g/mol. The first-order valence-electron chi connectivity index (χ1n) is 7.77. The second-order valence-electron chi connectivity index (χ2n) is 5.80. The number of ether oxygens (including phenoxy) is 1. The SMILES string of the molecule is O=C(N[C@@H]1CONC1=O)OCC1c2ccccc2-c2ccccc21. The zero-order valence-corrected chi connectivity index (χ0v) is 12.8. The van der Waals surface area contributed by atoms with Crippen LogP contribution in [0.1, 0.15) is 17.0 Å². The van der Waals surface area contributed by atoms with Crippen LogP contribution in [-0.2, 0) is 14.4 Å². The van der Waals surface area contributed by atoms with Crippen LogP contribution in [0.2, 0.25) is 0 Å². The van der Waals surface area contributed by atoms with E-state index in [0.717, 1.165) is 11.1 Å². The Labute approximate surface area is 138 Å². The summed E-state index contributed by atoms with van der Waals surface area (Å²) in [6.45, 7) is 0.318. The molecule has 0 aromatic heterocycles. The molecular weight excluding hydrogens is 308 g/mol. The minimum atomic E-state index is -0.708. The Morgan fingerprint density at radius 1 is 1.12 bits per heavy atom. The molecule has 2 aromatic rings. The van der Waals surface area contributed by atoms with E-state index in [-0.39, 0.29) is 25.0 Å². The molecule has 2 aromatic carbocycles. The van der Waals surface area contributed by atoms with Crippen LogP contribution in [0.3, 0.4) is 0 Å². The highest BCUT2D eigenvalue weighted by Crippen LogP contribution is 2.44. The van der Waals surface area contributed by atoms with Gasteiger partial charge >= 0.3 is 6.09 Å². The molecule has 1 aliphatic carbocycles. The van der Waals surface area contributed by atoms with Gasteiger partial charge in [0.1, 0.15) is 19.3 Å². The molecule has 2 aliphatic rings. The van der Waals surface area contributed by atoms with Gasteiger partial charge in [0.05, 0.1) is 0 Å². The molecule has 122 valence electrons. The van der Waals surface area contributed by atoms with Gasteiger partial charge in [0.25, 0.3) is 5.91 Å². The van der Waals surface area contributed by atoms with Crippen molar-refractivity contribution in [1.82, 2.24) is 10.8 Å². The number of fused-ring (bicyclic) bond motifs is 3. The van der Waals surface area contributed by atoms with Crippen molar-refractivity contribution >= 4 is 12.0 Å². The molecule has 0 unspecified atom stereocenters. The predicted molar refractivity (Wildman–Crippen MR) is 86.1 cm³/mol. The van der Waals surface area contributed by atoms with Crippen LogP contribution in [0.5, 0.6) is 0 Å². The molecule has 1 heterocycles. The lowest BCUT2D eigenvalue weighted by molar-refractivity contribution is -0.125. The number of nitrogens with one attached hydrogen (secondary N) is 2. The zero-order valence-electron chi connectivity index (χ0n) is 12.8. The molecular formula is C18H16N2O4. The van der Waals surface area contributed by atoms with E-state index >= 15 is 0 Å². The summed E-state index contributed by atoms with van der Waals surface area (Å²) in [7, 11) is 0. The summed E-state index contributed by atoms with van der Waals surface area (Å²) in [4.78, 5) is 28.1. The lowest BCUT2D eigenvalue weighted by atomic mass is 9.98. The third kappa shape index (κ3) is 2.51. The lowest BCUT2D eigenvalue weighted by Gasteiger charge is -2.15. The Bertz CT molecular complexity index is 760. The molecule has 0 radical (unpaired) electrons. The van der Waals surface area contributed by atoms with Gasteiger partial charge < -0.3 is 10.1 Å². The van der Waals surface area contributed by atoms with Crippen molar-refractivity contribution in [2.45, 2.75) is 12.0 Å². The van der Waals surface area contributed by atoms with Crippen molar-refractivity contribution in [2.75, 3.05) is 13.2 Å². The van der Waals surface area contributed by atoms with Crippen molar-refractivity contribution in [2.24, 2.45) is 0 Å². The Morgan fingerprint density at radius 2 is 1.75 bits per heavy atom. The van der Waals surface area contributed by atoms with Crippen LogP contribution in [0, 0.1) is 0 Å². The standard InChI is InChI=1S/C18H16N2O4/c21-17-16(10-24-20-17)19-18(22)23-9-15-13-7-3-1-5-11(13)12-6-2-4-8-14(12)15/h1-8,15-16H,9-10H2,(H,19,22)(H,20,21)/t16-/m1/s1. The molecule has 4 rings (SSSR count). The van der Waals surface area contributed by atoms with Gasteiger partial charge in [0.15, 0.2) is 0 Å². The molecule has 2 amide bonds.